The van der Waals surface area contributed by atoms with E-state index in [4.69, 9.17) is 16.0 Å². The Balaban J connectivity index is 1.73. The Morgan fingerprint density at radius 3 is 2.50 bits per heavy atom. The minimum absolute atomic E-state index is 0.109. The molecule has 0 bridgehead atoms. The Hall–Kier alpha value is -3.02. The molecule has 0 aliphatic carbocycles. The summed E-state index contributed by atoms with van der Waals surface area (Å²) >= 11 is 8.04. The van der Waals surface area contributed by atoms with E-state index in [9.17, 15) is 9.59 Å². The van der Waals surface area contributed by atoms with Crippen molar-refractivity contribution in [3.05, 3.63) is 110 Å². The van der Waals surface area contributed by atoms with Gasteiger partial charge in [-0.1, -0.05) is 53.6 Å². The van der Waals surface area contributed by atoms with Crippen molar-refractivity contribution in [2.75, 3.05) is 6.26 Å². The van der Waals surface area contributed by atoms with Crippen LogP contribution in [0.5, 0.6) is 0 Å². The Morgan fingerprint density at radius 1 is 1.03 bits per heavy atom. The molecular weight excluding hydrogens is 442 g/mol. The van der Waals surface area contributed by atoms with Gasteiger partial charge in [-0.2, -0.15) is 0 Å². The number of nitrogens with zero attached hydrogens (tertiary/aromatic N) is 1. The number of benzene rings is 3. The number of hydrogen-bond acceptors (Lipinski definition) is 4. The maximum Gasteiger partial charge on any atom is 0.291 e. The van der Waals surface area contributed by atoms with Crippen LogP contribution < -0.4 is 5.43 Å². The van der Waals surface area contributed by atoms with Gasteiger partial charge in [-0.05, 0) is 54.6 Å². The van der Waals surface area contributed by atoms with Gasteiger partial charge in [-0.25, -0.2) is 0 Å². The van der Waals surface area contributed by atoms with Crippen molar-refractivity contribution < 1.29 is 9.21 Å². The standard InChI is InChI=1S/C26H20ClNO3S/c1-15-7-12-21-19(13-15)24(29)22-23(16-8-10-18(32-2)11-9-16)28(26(30)25(22)31-21)14-17-5-3-4-6-20(17)27/h3-13,23H,14H2,1-2H3. The van der Waals surface area contributed by atoms with E-state index in [1.807, 2.05) is 67.8 Å². The van der Waals surface area contributed by atoms with E-state index in [-0.39, 0.29) is 23.6 Å². The van der Waals surface area contributed by atoms with Crippen molar-refractivity contribution in [2.24, 2.45) is 0 Å². The van der Waals surface area contributed by atoms with Gasteiger partial charge in [-0.3, -0.25) is 9.59 Å². The lowest BCUT2D eigenvalue weighted by molar-refractivity contribution is 0.0714. The van der Waals surface area contributed by atoms with Gasteiger partial charge >= 0.3 is 0 Å². The molecule has 1 atom stereocenters. The lowest BCUT2D eigenvalue weighted by Gasteiger charge is -2.25. The van der Waals surface area contributed by atoms with Crippen molar-refractivity contribution >= 4 is 40.2 Å². The molecule has 2 heterocycles. The van der Waals surface area contributed by atoms with E-state index < -0.39 is 6.04 Å². The van der Waals surface area contributed by atoms with E-state index in [2.05, 4.69) is 0 Å². The summed E-state index contributed by atoms with van der Waals surface area (Å²) in [6, 6.07) is 20.3. The first-order chi connectivity index (χ1) is 15.5. The molecule has 4 aromatic rings. The third-order valence-electron chi connectivity index (χ3n) is 5.85. The van der Waals surface area contributed by atoms with Gasteiger partial charge in [-0.15, -0.1) is 11.8 Å². The smallest absolute Gasteiger partial charge is 0.291 e. The number of rotatable bonds is 4. The number of hydrogen-bond donors (Lipinski definition) is 0. The molecule has 0 radical (unpaired) electrons. The van der Waals surface area contributed by atoms with Crippen LogP contribution in [0.2, 0.25) is 5.02 Å². The van der Waals surface area contributed by atoms with Gasteiger partial charge in [0.15, 0.2) is 5.43 Å². The quantitative estimate of drug-likeness (QED) is 0.338. The number of carbonyl (C=O) groups excluding carboxylic acids is 1. The molecule has 4 nitrogen and oxygen atoms in total. The van der Waals surface area contributed by atoms with E-state index in [1.54, 1.807) is 28.8 Å². The SMILES string of the molecule is CSc1ccc(C2c3c(oc4ccc(C)cc4c3=O)C(=O)N2Cc2ccccc2Cl)cc1. The molecular formula is C26H20ClNO3S. The molecule has 0 spiro atoms. The highest BCUT2D eigenvalue weighted by Crippen LogP contribution is 2.40. The lowest BCUT2D eigenvalue weighted by Crippen LogP contribution is -2.29. The average molecular weight is 462 g/mol. The Labute approximate surface area is 194 Å². The number of fused-ring (bicyclic) bond motifs is 2. The van der Waals surface area contributed by atoms with E-state index in [1.165, 1.54) is 0 Å². The van der Waals surface area contributed by atoms with Crippen LogP contribution in [-0.4, -0.2) is 17.1 Å². The average Bonchev–Trinajstić information content (AvgIpc) is 3.08. The van der Waals surface area contributed by atoms with Crippen LogP contribution in [0.4, 0.5) is 0 Å². The molecule has 6 heteroatoms. The molecule has 1 amide bonds. The van der Waals surface area contributed by atoms with E-state index in [0.717, 1.165) is 21.6 Å². The summed E-state index contributed by atoms with van der Waals surface area (Å²) in [6.07, 6.45) is 2.01. The molecule has 0 fully saturated rings. The zero-order valence-electron chi connectivity index (χ0n) is 17.6. The highest BCUT2D eigenvalue weighted by Gasteiger charge is 2.42. The first kappa shape index (κ1) is 20.9. The first-order valence-corrected chi connectivity index (χ1v) is 11.8. The minimum atomic E-state index is -0.550. The highest BCUT2D eigenvalue weighted by atomic mass is 35.5. The molecule has 1 unspecified atom stereocenters. The second-order valence-corrected chi connectivity index (χ2v) is 9.16. The van der Waals surface area contributed by atoms with Gasteiger partial charge in [0.25, 0.3) is 5.91 Å². The normalized spacial score (nSPS) is 15.4. The third-order valence-corrected chi connectivity index (χ3v) is 6.96. The monoisotopic (exact) mass is 461 g/mol. The number of amides is 1. The fourth-order valence-corrected chi connectivity index (χ4v) is 4.84. The van der Waals surface area contributed by atoms with Crippen molar-refractivity contribution in [1.29, 1.82) is 0 Å². The molecule has 160 valence electrons. The molecule has 1 aliphatic rings. The maximum absolute atomic E-state index is 13.6. The van der Waals surface area contributed by atoms with Gasteiger partial charge in [0.1, 0.15) is 5.58 Å². The summed E-state index contributed by atoms with van der Waals surface area (Å²) in [5.74, 6) is -0.198. The first-order valence-electron chi connectivity index (χ1n) is 10.2. The molecule has 32 heavy (non-hydrogen) atoms. The second-order valence-electron chi connectivity index (χ2n) is 7.87. The number of aryl methyl sites for hydroxylation is 1. The highest BCUT2D eigenvalue weighted by molar-refractivity contribution is 7.98. The third kappa shape index (κ3) is 3.42. The Kier molecular flexibility index (Phi) is 5.31. The molecule has 0 saturated carbocycles. The number of carbonyl (C=O) groups is 1. The predicted molar refractivity (Wildman–Crippen MR) is 129 cm³/mol. The predicted octanol–water partition coefficient (Wildman–Crippen LogP) is 6.22. The summed E-state index contributed by atoms with van der Waals surface area (Å²) in [5.41, 5.74) is 3.28. The largest absolute Gasteiger partial charge is 0.450 e. The van der Waals surface area contributed by atoms with Crippen LogP contribution in [-0.2, 0) is 6.54 Å². The van der Waals surface area contributed by atoms with Gasteiger partial charge in [0.2, 0.25) is 5.76 Å². The summed E-state index contributed by atoms with van der Waals surface area (Å²) in [5, 5.41) is 1.06. The van der Waals surface area contributed by atoms with Gasteiger partial charge in [0.05, 0.1) is 17.0 Å². The topological polar surface area (TPSA) is 50.5 Å². The van der Waals surface area contributed by atoms with Crippen molar-refractivity contribution in [2.45, 2.75) is 24.4 Å². The summed E-state index contributed by atoms with van der Waals surface area (Å²) in [4.78, 5) is 29.9. The van der Waals surface area contributed by atoms with Crippen molar-refractivity contribution in [3.8, 4) is 0 Å². The van der Waals surface area contributed by atoms with Crippen LogP contribution in [0, 0.1) is 6.92 Å². The fourth-order valence-electron chi connectivity index (χ4n) is 4.24. The molecule has 3 aromatic carbocycles. The van der Waals surface area contributed by atoms with Crippen LogP contribution in [0.1, 0.15) is 38.9 Å². The summed E-state index contributed by atoms with van der Waals surface area (Å²) in [7, 11) is 0. The van der Waals surface area contributed by atoms with E-state index >= 15 is 0 Å². The van der Waals surface area contributed by atoms with Crippen LogP contribution in [0.25, 0.3) is 11.0 Å². The molecule has 0 N–H and O–H groups in total. The number of thioether (sulfide) groups is 1. The zero-order chi connectivity index (χ0) is 22.4. The van der Waals surface area contributed by atoms with Gasteiger partial charge < -0.3 is 9.32 Å². The van der Waals surface area contributed by atoms with Crippen LogP contribution in [0.15, 0.2) is 80.8 Å². The molecule has 5 rings (SSSR count). The fraction of sp³-hybridized carbons (Fsp3) is 0.154. The van der Waals surface area contributed by atoms with Crippen molar-refractivity contribution in [1.82, 2.24) is 4.90 Å². The van der Waals surface area contributed by atoms with Crippen LogP contribution >= 0.6 is 23.4 Å². The summed E-state index contributed by atoms with van der Waals surface area (Å²) in [6.45, 7) is 2.20. The lowest BCUT2D eigenvalue weighted by atomic mass is 9.98. The van der Waals surface area contributed by atoms with E-state index in [0.29, 0.717) is 21.6 Å². The molecule has 1 aliphatic heterocycles. The minimum Gasteiger partial charge on any atom is -0.450 e. The van der Waals surface area contributed by atoms with Crippen molar-refractivity contribution in [3.63, 3.8) is 0 Å². The summed E-state index contributed by atoms with van der Waals surface area (Å²) < 4.78 is 6.02. The van der Waals surface area contributed by atoms with Crippen LogP contribution in [0.3, 0.4) is 0 Å². The maximum atomic E-state index is 13.6. The van der Waals surface area contributed by atoms with Gasteiger partial charge in [0, 0.05) is 16.5 Å². The Morgan fingerprint density at radius 2 is 1.78 bits per heavy atom. The number of halogens is 1. The Bertz CT molecular complexity index is 1410. The molecule has 0 saturated heterocycles. The zero-order valence-corrected chi connectivity index (χ0v) is 19.2. The second kappa shape index (κ2) is 8.15. The molecule has 1 aromatic heterocycles.